The highest BCUT2D eigenvalue weighted by atomic mass is 19.4. The number of nitrogens with one attached hydrogen (secondary N) is 1. The lowest BCUT2D eigenvalue weighted by atomic mass is 10.2. The van der Waals surface area contributed by atoms with Gasteiger partial charge in [-0.1, -0.05) is 0 Å². The number of likely N-dealkylation sites (N-methyl/N-ethyl adjacent to an activating group) is 1. The Bertz CT molecular complexity index is 532. The van der Waals surface area contributed by atoms with E-state index in [-0.39, 0.29) is 12.3 Å². The van der Waals surface area contributed by atoms with Gasteiger partial charge in [-0.25, -0.2) is 0 Å². The third-order valence-corrected chi connectivity index (χ3v) is 2.84. The number of hydrogen-bond donors (Lipinski definition) is 2. The molecule has 122 valence electrons. The number of halogens is 3. The Hall–Kier alpha value is -2.29. The zero-order valence-corrected chi connectivity index (χ0v) is 12.0. The SMILES string of the molecule is C[C@H](C(N)=O)N(C)CC(=O)Nc1ccc(OC(F)(F)F)cc1. The van der Waals surface area contributed by atoms with E-state index in [1.165, 1.54) is 17.0 Å². The lowest BCUT2D eigenvalue weighted by Gasteiger charge is -2.21. The van der Waals surface area contributed by atoms with Gasteiger partial charge in [0.25, 0.3) is 0 Å². The summed E-state index contributed by atoms with van der Waals surface area (Å²) in [5.41, 5.74) is 5.42. The second-order valence-electron chi connectivity index (χ2n) is 4.61. The third-order valence-electron chi connectivity index (χ3n) is 2.84. The predicted molar refractivity (Wildman–Crippen MR) is 73.0 cm³/mol. The molecule has 1 rings (SSSR count). The summed E-state index contributed by atoms with van der Waals surface area (Å²) in [5, 5.41) is 2.49. The molecule has 0 heterocycles. The van der Waals surface area contributed by atoms with Gasteiger partial charge >= 0.3 is 6.36 Å². The molecule has 0 spiro atoms. The van der Waals surface area contributed by atoms with E-state index in [2.05, 4.69) is 10.1 Å². The topological polar surface area (TPSA) is 84.7 Å². The van der Waals surface area contributed by atoms with Gasteiger partial charge in [0, 0.05) is 5.69 Å². The monoisotopic (exact) mass is 319 g/mol. The van der Waals surface area contributed by atoms with Crippen molar-refractivity contribution in [1.82, 2.24) is 4.90 Å². The molecular formula is C13H16F3N3O3. The van der Waals surface area contributed by atoms with Crippen molar-refractivity contribution < 1.29 is 27.5 Å². The van der Waals surface area contributed by atoms with Crippen molar-refractivity contribution in [2.45, 2.75) is 19.3 Å². The molecular weight excluding hydrogens is 303 g/mol. The van der Waals surface area contributed by atoms with E-state index in [9.17, 15) is 22.8 Å². The number of anilines is 1. The molecule has 0 bridgehead atoms. The molecule has 22 heavy (non-hydrogen) atoms. The number of alkyl halides is 3. The fourth-order valence-corrected chi connectivity index (χ4v) is 1.52. The molecule has 0 saturated heterocycles. The zero-order valence-electron chi connectivity index (χ0n) is 12.0. The first-order chi connectivity index (χ1) is 10.1. The van der Waals surface area contributed by atoms with Crippen molar-refractivity contribution in [3.8, 4) is 5.75 Å². The number of ether oxygens (including phenoxy) is 1. The van der Waals surface area contributed by atoms with Crippen molar-refractivity contribution >= 4 is 17.5 Å². The standard InChI is InChI=1S/C13H16F3N3O3/c1-8(12(17)21)19(2)7-11(20)18-9-3-5-10(6-4-9)22-13(14,15)16/h3-6,8H,7H2,1-2H3,(H2,17,21)(H,18,20)/t8-/m1/s1. The Morgan fingerprint density at radius 3 is 2.32 bits per heavy atom. The van der Waals surface area contributed by atoms with Crippen LogP contribution < -0.4 is 15.8 Å². The van der Waals surface area contributed by atoms with Gasteiger partial charge < -0.3 is 15.8 Å². The molecule has 1 aromatic carbocycles. The Morgan fingerprint density at radius 1 is 1.32 bits per heavy atom. The van der Waals surface area contributed by atoms with Gasteiger partial charge in [-0.15, -0.1) is 13.2 Å². The first kappa shape index (κ1) is 17.8. The van der Waals surface area contributed by atoms with Gasteiger partial charge in [0.1, 0.15) is 5.75 Å². The summed E-state index contributed by atoms with van der Waals surface area (Å²) in [6, 6.07) is 4.10. The maximum Gasteiger partial charge on any atom is 0.573 e. The minimum absolute atomic E-state index is 0.0924. The summed E-state index contributed by atoms with van der Waals surface area (Å²) in [6.45, 7) is 1.46. The van der Waals surface area contributed by atoms with Crippen molar-refractivity contribution in [2.24, 2.45) is 5.73 Å². The Balaban J connectivity index is 2.56. The van der Waals surface area contributed by atoms with Crippen LogP contribution in [0.25, 0.3) is 0 Å². The highest BCUT2D eigenvalue weighted by molar-refractivity contribution is 5.92. The molecule has 0 aliphatic carbocycles. The number of carbonyl (C=O) groups excluding carboxylic acids is 2. The molecule has 6 nitrogen and oxygen atoms in total. The first-order valence-corrected chi connectivity index (χ1v) is 6.23. The highest BCUT2D eigenvalue weighted by Crippen LogP contribution is 2.23. The molecule has 0 unspecified atom stereocenters. The summed E-state index contributed by atoms with van der Waals surface area (Å²) in [5.74, 6) is -1.38. The van der Waals surface area contributed by atoms with E-state index < -0.39 is 24.2 Å². The predicted octanol–water partition coefficient (Wildman–Crippen LogP) is 1.33. The molecule has 1 atom stereocenters. The number of benzene rings is 1. The number of carbonyl (C=O) groups is 2. The minimum atomic E-state index is -4.77. The third kappa shape index (κ3) is 6.00. The van der Waals surface area contributed by atoms with E-state index in [0.29, 0.717) is 5.69 Å². The molecule has 9 heteroatoms. The molecule has 0 aliphatic rings. The average Bonchev–Trinajstić information content (AvgIpc) is 2.38. The van der Waals surface area contributed by atoms with Crippen molar-refractivity contribution in [1.29, 1.82) is 0 Å². The first-order valence-electron chi connectivity index (χ1n) is 6.23. The van der Waals surface area contributed by atoms with Crippen LogP contribution in [0.15, 0.2) is 24.3 Å². The van der Waals surface area contributed by atoms with Gasteiger partial charge in [0.05, 0.1) is 12.6 Å². The van der Waals surface area contributed by atoms with Crippen LogP contribution in [-0.4, -0.2) is 42.7 Å². The molecule has 0 radical (unpaired) electrons. The zero-order chi connectivity index (χ0) is 16.9. The average molecular weight is 319 g/mol. The van der Waals surface area contributed by atoms with Crippen LogP contribution in [0.1, 0.15) is 6.92 Å². The fraction of sp³-hybridized carbons (Fsp3) is 0.385. The van der Waals surface area contributed by atoms with Gasteiger partial charge in [-0.3, -0.25) is 14.5 Å². The maximum absolute atomic E-state index is 12.0. The normalized spacial score (nSPS) is 12.8. The van der Waals surface area contributed by atoms with Crippen molar-refractivity contribution in [3.63, 3.8) is 0 Å². The van der Waals surface area contributed by atoms with Gasteiger partial charge in [0.15, 0.2) is 0 Å². The largest absolute Gasteiger partial charge is 0.573 e. The molecule has 1 aromatic rings. The maximum atomic E-state index is 12.0. The second kappa shape index (κ2) is 7.12. The van der Waals surface area contributed by atoms with E-state index in [0.717, 1.165) is 12.1 Å². The summed E-state index contributed by atoms with van der Waals surface area (Å²) < 4.78 is 39.7. The summed E-state index contributed by atoms with van der Waals surface area (Å²) >= 11 is 0. The summed E-state index contributed by atoms with van der Waals surface area (Å²) in [6.07, 6.45) is -4.77. The van der Waals surface area contributed by atoms with Crippen LogP contribution in [0, 0.1) is 0 Å². The van der Waals surface area contributed by atoms with E-state index in [1.54, 1.807) is 14.0 Å². The minimum Gasteiger partial charge on any atom is -0.406 e. The van der Waals surface area contributed by atoms with Crippen LogP contribution in [-0.2, 0) is 9.59 Å². The van der Waals surface area contributed by atoms with Gasteiger partial charge in [-0.05, 0) is 38.2 Å². The van der Waals surface area contributed by atoms with Crippen LogP contribution in [0.5, 0.6) is 5.75 Å². The van der Waals surface area contributed by atoms with E-state index >= 15 is 0 Å². The lowest BCUT2D eigenvalue weighted by molar-refractivity contribution is -0.274. The Labute approximate surface area is 125 Å². The van der Waals surface area contributed by atoms with Gasteiger partial charge in [-0.2, -0.15) is 0 Å². The summed E-state index contributed by atoms with van der Waals surface area (Å²) in [4.78, 5) is 24.2. The van der Waals surface area contributed by atoms with Gasteiger partial charge in [0.2, 0.25) is 11.8 Å². The quantitative estimate of drug-likeness (QED) is 0.828. The number of rotatable bonds is 6. The number of amides is 2. The van der Waals surface area contributed by atoms with Crippen LogP contribution in [0.4, 0.5) is 18.9 Å². The van der Waals surface area contributed by atoms with Crippen LogP contribution in [0.2, 0.25) is 0 Å². The molecule has 0 fully saturated rings. The number of hydrogen-bond acceptors (Lipinski definition) is 4. The molecule has 3 N–H and O–H groups in total. The van der Waals surface area contributed by atoms with Crippen LogP contribution in [0.3, 0.4) is 0 Å². The molecule has 0 aliphatic heterocycles. The van der Waals surface area contributed by atoms with Crippen molar-refractivity contribution in [2.75, 3.05) is 18.9 Å². The number of nitrogens with two attached hydrogens (primary N) is 1. The molecule has 2 amide bonds. The van der Waals surface area contributed by atoms with E-state index in [4.69, 9.17) is 5.73 Å². The Kier molecular flexibility index (Phi) is 5.75. The number of primary amides is 1. The molecule has 0 saturated carbocycles. The van der Waals surface area contributed by atoms with Crippen LogP contribution >= 0.6 is 0 Å². The van der Waals surface area contributed by atoms with E-state index in [1.807, 2.05) is 0 Å². The molecule has 0 aromatic heterocycles. The highest BCUT2D eigenvalue weighted by Gasteiger charge is 2.31. The second-order valence-corrected chi connectivity index (χ2v) is 4.61. The fourth-order valence-electron chi connectivity index (χ4n) is 1.52. The smallest absolute Gasteiger partial charge is 0.406 e. The lowest BCUT2D eigenvalue weighted by Crippen LogP contribution is -2.43. The van der Waals surface area contributed by atoms with Crippen molar-refractivity contribution in [3.05, 3.63) is 24.3 Å². The number of nitrogens with zero attached hydrogens (tertiary/aromatic N) is 1. The Morgan fingerprint density at radius 2 is 1.86 bits per heavy atom. The summed E-state index contributed by atoms with van der Waals surface area (Å²) in [7, 11) is 1.55.